The molecular formula is C23H33FN4O5. The van der Waals surface area contributed by atoms with Gasteiger partial charge >= 0.3 is 11.7 Å². The van der Waals surface area contributed by atoms with E-state index in [2.05, 4.69) is 25.4 Å². The summed E-state index contributed by atoms with van der Waals surface area (Å²) in [6.45, 7) is 7.67. The third-order valence-electron chi connectivity index (χ3n) is 4.42. The van der Waals surface area contributed by atoms with E-state index in [1.165, 1.54) is 47.4 Å². The molecule has 33 heavy (non-hydrogen) atoms. The second kappa shape index (κ2) is 14.9. The maximum atomic E-state index is 13.0. The highest BCUT2D eigenvalue weighted by atomic mass is 19.1. The van der Waals surface area contributed by atoms with E-state index in [0.29, 0.717) is 16.7 Å². The zero-order valence-corrected chi connectivity index (χ0v) is 19.6. The smallest absolute Gasteiger partial charge is 0.331 e. The molecule has 0 aliphatic carbocycles. The van der Waals surface area contributed by atoms with Crippen LogP contribution >= 0.6 is 0 Å². The van der Waals surface area contributed by atoms with Crippen LogP contribution in [-0.2, 0) is 32.8 Å². The number of carbonyl (C=O) groups is 1. The molecule has 2 aromatic rings. The van der Waals surface area contributed by atoms with Gasteiger partial charge < -0.3 is 19.9 Å². The van der Waals surface area contributed by atoms with Crippen LogP contribution < -0.4 is 16.9 Å². The summed E-state index contributed by atoms with van der Waals surface area (Å²) < 4.78 is 31.0. The summed E-state index contributed by atoms with van der Waals surface area (Å²) in [6, 6.07) is 7.33. The molecule has 0 bridgehead atoms. The standard InChI is InChI=1S/C19H23FN4O5.C4H10/c1-13(14-4-6-15(20)7-5-14)22-16-8-9-24(19(26)23(16)2)12-29-18(27-3)11-28-17(25)10-21;1-3-4-2/h4-9,18H,1,10-12,21H2,2-3H3;3-4H2,1-2H3. The predicted octanol–water partition coefficient (Wildman–Crippen LogP) is 2.15. The summed E-state index contributed by atoms with van der Waals surface area (Å²) in [5, 5.41) is 0. The number of ether oxygens (including phenoxy) is 3. The SMILES string of the molecule is C=C(N=c1ccn(COC(COC(=O)CN)OC)c(=O)n1C)c1ccc(F)cc1.CCCC. The van der Waals surface area contributed by atoms with Gasteiger partial charge in [0.2, 0.25) is 0 Å². The van der Waals surface area contributed by atoms with E-state index in [9.17, 15) is 14.0 Å². The molecule has 1 aromatic carbocycles. The summed E-state index contributed by atoms with van der Waals surface area (Å²) >= 11 is 0. The Hall–Kier alpha value is -3.08. The van der Waals surface area contributed by atoms with Crippen LogP contribution in [-0.4, -0.2) is 41.7 Å². The zero-order chi connectivity index (χ0) is 24.8. The maximum absolute atomic E-state index is 13.0. The van der Waals surface area contributed by atoms with Crippen molar-refractivity contribution in [1.82, 2.24) is 9.13 Å². The number of aromatic nitrogens is 2. The first-order valence-corrected chi connectivity index (χ1v) is 10.5. The van der Waals surface area contributed by atoms with Crippen molar-refractivity contribution in [2.45, 2.75) is 39.7 Å². The summed E-state index contributed by atoms with van der Waals surface area (Å²) in [5.74, 6) is -0.951. The second-order valence-corrected chi connectivity index (χ2v) is 6.90. The average Bonchev–Trinajstić information content (AvgIpc) is 2.83. The molecule has 0 amide bonds. The number of halogens is 1. The first-order valence-electron chi connectivity index (χ1n) is 10.5. The number of hydrogen-bond donors (Lipinski definition) is 1. The first kappa shape index (κ1) is 28.0. The molecule has 182 valence electrons. The predicted molar refractivity (Wildman–Crippen MR) is 123 cm³/mol. The van der Waals surface area contributed by atoms with Crippen LogP contribution in [0.1, 0.15) is 32.3 Å². The highest BCUT2D eigenvalue weighted by Crippen LogP contribution is 2.13. The number of nitrogens with zero attached hydrogens (tertiary/aromatic N) is 3. The third-order valence-corrected chi connectivity index (χ3v) is 4.42. The van der Waals surface area contributed by atoms with Crippen LogP contribution in [0.15, 0.2) is 52.9 Å². The van der Waals surface area contributed by atoms with E-state index >= 15 is 0 Å². The number of esters is 1. The van der Waals surface area contributed by atoms with Crippen molar-refractivity contribution >= 4 is 11.7 Å². The van der Waals surface area contributed by atoms with Crippen molar-refractivity contribution < 1.29 is 23.4 Å². The zero-order valence-electron chi connectivity index (χ0n) is 19.6. The van der Waals surface area contributed by atoms with E-state index in [-0.39, 0.29) is 25.7 Å². The van der Waals surface area contributed by atoms with Crippen molar-refractivity contribution in [2.24, 2.45) is 17.8 Å². The fourth-order valence-corrected chi connectivity index (χ4v) is 2.25. The summed E-state index contributed by atoms with van der Waals surface area (Å²) in [4.78, 5) is 28.0. The molecule has 2 N–H and O–H groups in total. The van der Waals surface area contributed by atoms with Crippen LogP contribution in [0.5, 0.6) is 0 Å². The number of methoxy groups -OCH3 is 1. The van der Waals surface area contributed by atoms with Gasteiger partial charge in [-0.05, 0) is 35.9 Å². The topological polar surface area (TPSA) is 110 Å². The summed E-state index contributed by atoms with van der Waals surface area (Å²) in [7, 11) is 2.93. The minimum atomic E-state index is -0.856. The van der Waals surface area contributed by atoms with Gasteiger partial charge in [0, 0.05) is 20.4 Å². The van der Waals surface area contributed by atoms with Gasteiger partial charge in [0.05, 0.1) is 12.2 Å². The maximum Gasteiger partial charge on any atom is 0.331 e. The molecule has 0 radical (unpaired) electrons. The van der Waals surface area contributed by atoms with Gasteiger partial charge in [0.15, 0.2) is 6.29 Å². The molecule has 1 atom stereocenters. The lowest BCUT2D eigenvalue weighted by molar-refractivity contribution is -0.184. The average molecular weight is 465 g/mol. The van der Waals surface area contributed by atoms with Gasteiger partial charge in [-0.2, -0.15) is 0 Å². The van der Waals surface area contributed by atoms with Crippen LogP contribution in [0, 0.1) is 5.82 Å². The van der Waals surface area contributed by atoms with E-state index in [1.54, 1.807) is 25.2 Å². The van der Waals surface area contributed by atoms with Crippen molar-refractivity contribution in [3.05, 3.63) is 70.5 Å². The second-order valence-electron chi connectivity index (χ2n) is 6.90. The van der Waals surface area contributed by atoms with Crippen LogP contribution in [0.25, 0.3) is 5.70 Å². The van der Waals surface area contributed by atoms with Crippen LogP contribution in [0.3, 0.4) is 0 Å². The third kappa shape index (κ3) is 9.52. The number of rotatable bonds is 10. The minimum absolute atomic E-state index is 0.134. The van der Waals surface area contributed by atoms with Crippen LogP contribution in [0.2, 0.25) is 0 Å². The Morgan fingerprint density at radius 3 is 2.39 bits per heavy atom. The van der Waals surface area contributed by atoms with Gasteiger partial charge in [0.25, 0.3) is 0 Å². The number of carbonyl (C=O) groups excluding carboxylic acids is 1. The number of nitrogens with two attached hydrogens (primary N) is 1. The normalized spacial score (nSPS) is 12.0. The minimum Gasteiger partial charge on any atom is -0.459 e. The summed E-state index contributed by atoms with van der Waals surface area (Å²) in [5.41, 5.74) is 6.14. The monoisotopic (exact) mass is 464 g/mol. The first-order chi connectivity index (χ1) is 15.8. The van der Waals surface area contributed by atoms with Gasteiger partial charge in [-0.25, -0.2) is 14.2 Å². The fraction of sp³-hybridized carbons (Fsp3) is 0.435. The number of unbranched alkanes of at least 4 members (excludes halogenated alkanes) is 1. The van der Waals surface area contributed by atoms with Crippen LogP contribution in [0.4, 0.5) is 4.39 Å². The molecular weight excluding hydrogens is 431 g/mol. The molecule has 0 saturated carbocycles. The van der Waals surface area contributed by atoms with E-state index in [4.69, 9.17) is 19.9 Å². The van der Waals surface area contributed by atoms with Crippen molar-refractivity contribution in [2.75, 3.05) is 20.3 Å². The lowest BCUT2D eigenvalue weighted by atomic mass is 10.2. The van der Waals surface area contributed by atoms with Gasteiger partial charge in [-0.3, -0.25) is 13.9 Å². The van der Waals surface area contributed by atoms with Gasteiger partial charge in [-0.1, -0.05) is 33.3 Å². The molecule has 0 aliphatic heterocycles. The Bertz CT molecular complexity index is 1010. The quantitative estimate of drug-likeness (QED) is 0.426. The lowest BCUT2D eigenvalue weighted by Gasteiger charge is -2.17. The lowest BCUT2D eigenvalue weighted by Crippen LogP contribution is -2.39. The molecule has 10 heteroatoms. The molecule has 2 rings (SSSR count). The summed E-state index contributed by atoms with van der Waals surface area (Å²) in [6.07, 6.45) is 3.28. The molecule has 1 unspecified atom stereocenters. The largest absolute Gasteiger partial charge is 0.459 e. The van der Waals surface area contributed by atoms with Crippen molar-refractivity contribution in [3.8, 4) is 0 Å². The highest BCUT2D eigenvalue weighted by molar-refractivity contribution is 5.71. The Kier molecular flexibility index (Phi) is 12.6. The van der Waals surface area contributed by atoms with Gasteiger partial charge in [0.1, 0.15) is 24.6 Å². The molecule has 0 aliphatic rings. The van der Waals surface area contributed by atoms with E-state index in [0.717, 1.165) is 0 Å². The van der Waals surface area contributed by atoms with E-state index < -0.39 is 17.9 Å². The molecule has 1 heterocycles. The Labute approximate surface area is 192 Å². The van der Waals surface area contributed by atoms with Crippen molar-refractivity contribution in [1.29, 1.82) is 0 Å². The Morgan fingerprint density at radius 2 is 1.85 bits per heavy atom. The fourth-order valence-electron chi connectivity index (χ4n) is 2.25. The van der Waals surface area contributed by atoms with Crippen molar-refractivity contribution in [3.63, 3.8) is 0 Å². The molecule has 0 saturated heterocycles. The van der Waals surface area contributed by atoms with Gasteiger partial charge in [-0.15, -0.1) is 0 Å². The Balaban J connectivity index is 0.00000125. The molecule has 0 spiro atoms. The molecule has 9 nitrogen and oxygen atoms in total. The highest BCUT2D eigenvalue weighted by Gasteiger charge is 2.12. The number of benzene rings is 1. The van der Waals surface area contributed by atoms with E-state index in [1.807, 2.05) is 0 Å². The molecule has 0 fully saturated rings. The number of hydrogen-bond acceptors (Lipinski definition) is 7. The Morgan fingerprint density at radius 1 is 1.21 bits per heavy atom. The molecule has 1 aromatic heterocycles.